The lowest BCUT2D eigenvalue weighted by molar-refractivity contribution is 0.0975. The van der Waals surface area contributed by atoms with E-state index in [4.69, 9.17) is 0 Å². The summed E-state index contributed by atoms with van der Waals surface area (Å²) in [5.74, 6) is -0.442. The van der Waals surface area contributed by atoms with E-state index in [0.29, 0.717) is 11.3 Å². The zero-order chi connectivity index (χ0) is 19.1. The van der Waals surface area contributed by atoms with Crippen LogP contribution in [0.25, 0.3) is 10.8 Å². The predicted octanol–water partition coefficient (Wildman–Crippen LogP) is 5.75. The van der Waals surface area contributed by atoms with E-state index >= 15 is 0 Å². The molecule has 136 valence electrons. The molecule has 4 aromatic carbocycles. The van der Waals surface area contributed by atoms with Gasteiger partial charge in [-0.2, -0.15) is 0 Å². The van der Waals surface area contributed by atoms with Gasteiger partial charge in [0.05, 0.1) is 5.56 Å². The lowest BCUT2D eigenvalue weighted by atomic mass is 10.00. The van der Waals surface area contributed by atoms with Gasteiger partial charge < -0.3 is 5.32 Å². The molecular weight excluding hydrogens is 351 g/mol. The lowest BCUT2D eigenvalue weighted by Crippen LogP contribution is -2.43. The van der Waals surface area contributed by atoms with E-state index in [9.17, 15) is 9.18 Å². The number of rotatable bonds is 2. The lowest BCUT2D eigenvalue weighted by Gasteiger charge is -2.38. The van der Waals surface area contributed by atoms with Crippen molar-refractivity contribution < 1.29 is 9.18 Å². The maximum absolute atomic E-state index is 13.5. The maximum atomic E-state index is 13.5. The Hall–Kier alpha value is -3.66. The number of hydrogen-bond donors (Lipinski definition) is 1. The van der Waals surface area contributed by atoms with Crippen LogP contribution < -0.4 is 10.2 Å². The highest BCUT2D eigenvalue weighted by Crippen LogP contribution is 2.37. The highest BCUT2D eigenvalue weighted by Gasteiger charge is 2.34. The number of hydrogen-bond acceptors (Lipinski definition) is 2. The van der Waals surface area contributed by atoms with Crippen molar-refractivity contribution in [3.05, 3.63) is 108 Å². The summed E-state index contributed by atoms with van der Waals surface area (Å²) >= 11 is 0. The number of carbonyl (C=O) groups is 1. The second kappa shape index (κ2) is 6.50. The van der Waals surface area contributed by atoms with Gasteiger partial charge in [-0.3, -0.25) is 9.69 Å². The van der Waals surface area contributed by atoms with Crippen LogP contribution in [-0.2, 0) is 0 Å². The largest absolute Gasteiger partial charge is 0.360 e. The minimum absolute atomic E-state index is 0.112. The molecule has 4 heteroatoms. The smallest absolute Gasteiger partial charge is 0.262 e. The van der Waals surface area contributed by atoms with Gasteiger partial charge in [0.25, 0.3) is 5.91 Å². The van der Waals surface area contributed by atoms with Gasteiger partial charge in [0.15, 0.2) is 0 Å². The highest BCUT2D eigenvalue weighted by molar-refractivity contribution is 6.12. The van der Waals surface area contributed by atoms with Gasteiger partial charge >= 0.3 is 0 Å². The Kier molecular flexibility index (Phi) is 3.83. The van der Waals surface area contributed by atoms with Crippen molar-refractivity contribution in [1.82, 2.24) is 0 Å². The number of anilines is 2. The maximum Gasteiger partial charge on any atom is 0.262 e. The minimum Gasteiger partial charge on any atom is -0.360 e. The summed E-state index contributed by atoms with van der Waals surface area (Å²) in [5.41, 5.74) is 3.00. The van der Waals surface area contributed by atoms with Crippen LogP contribution in [0.4, 0.5) is 15.8 Å². The van der Waals surface area contributed by atoms with Crippen molar-refractivity contribution in [3.8, 4) is 0 Å². The van der Waals surface area contributed by atoms with Crippen LogP contribution in [0.5, 0.6) is 0 Å². The van der Waals surface area contributed by atoms with E-state index in [1.54, 1.807) is 23.1 Å². The van der Waals surface area contributed by atoms with Crippen molar-refractivity contribution in [3.63, 3.8) is 0 Å². The van der Waals surface area contributed by atoms with Crippen LogP contribution in [0, 0.1) is 5.82 Å². The summed E-state index contributed by atoms with van der Waals surface area (Å²) in [4.78, 5) is 15.0. The minimum atomic E-state index is -0.391. The number of nitrogens with zero attached hydrogens (tertiary/aromatic N) is 1. The molecule has 0 bridgehead atoms. The molecule has 0 saturated carbocycles. The molecule has 3 nitrogen and oxygen atoms in total. The number of nitrogens with one attached hydrogen (secondary N) is 1. The number of halogens is 1. The fraction of sp³-hybridized carbons (Fsp3) is 0.0417. The SMILES string of the molecule is O=C1c2ccccc2NC(c2ccc3ccccc3c2)N1c1ccc(F)cc1. The fourth-order valence-electron chi connectivity index (χ4n) is 3.73. The normalized spacial score (nSPS) is 16.0. The van der Waals surface area contributed by atoms with Crippen molar-refractivity contribution in [2.45, 2.75) is 6.17 Å². The second-order valence-corrected chi connectivity index (χ2v) is 6.85. The molecule has 28 heavy (non-hydrogen) atoms. The highest BCUT2D eigenvalue weighted by atomic mass is 19.1. The molecule has 1 aliphatic heterocycles. The third kappa shape index (κ3) is 2.70. The Balaban J connectivity index is 1.67. The molecule has 1 N–H and O–H groups in total. The van der Waals surface area contributed by atoms with Crippen LogP contribution in [-0.4, -0.2) is 5.91 Å². The zero-order valence-corrected chi connectivity index (χ0v) is 15.0. The summed E-state index contributed by atoms with van der Waals surface area (Å²) < 4.78 is 13.5. The van der Waals surface area contributed by atoms with E-state index in [2.05, 4.69) is 29.6 Å². The van der Waals surface area contributed by atoms with Crippen molar-refractivity contribution in [2.75, 3.05) is 10.2 Å². The van der Waals surface area contributed by atoms with Gasteiger partial charge in [-0.25, -0.2) is 4.39 Å². The average Bonchev–Trinajstić information content (AvgIpc) is 2.74. The molecule has 0 spiro atoms. The standard InChI is InChI=1S/C24H17FN2O/c25-19-11-13-20(14-12-19)27-23(26-22-8-4-3-7-21(22)24(27)28)18-10-9-16-5-1-2-6-17(16)15-18/h1-15,23,26H. The van der Waals surface area contributed by atoms with Crippen LogP contribution >= 0.6 is 0 Å². The third-order valence-electron chi connectivity index (χ3n) is 5.12. The van der Waals surface area contributed by atoms with E-state index in [1.807, 2.05) is 36.4 Å². The fourth-order valence-corrected chi connectivity index (χ4v) is 3.73. The summed E-state index contributed by atoms with van der Waals surface area (Å²) in [5, 5.41) is 5.73. The number of carbonyl (C=O) groups excluding carboxylic acids is 1. The molecule has 0 fully saturated rings. The Morgan fingerprint density at radius 3 is 2.32 bits per heavy atom. The van der Waals surface area contributed by atoms with Crippen molar-refractivity contribution in [2.24, 2.45) is 0 Å². The Morgan fingerprint density at radius 1 is 0.786 bits per heavy atom. The quantitative estimate of drug-likeness (QED) is 0.489. The van der Waals surface area contributed by atoms with E-state index in [0.717, 1.165) is 22.0 Å². The molecule has 1 atom stereocenters. The molecule has 1 unspecified atom stereocenters. The molecule has 0 radical (unpaired) electrons. The van der Waals surface area contributed by atoms with Crippen molar-refractivity contribution in [1.29, 1.82) is 0 Å². The molecule has 5 rings (SSSR count). The summed E-state index contributed by atoms with van der Waals surface area (Å²) in [6.45, 7) is 0. The van der Waals surface area contributed by atoms with Crippen LogP contribution in [0.1, 0.15) is 22.1 Å². The zero-order valence-electron chi connectivity index (χ0n) is 15.0. The molecule has 0 saturated heterocycles. The number of benzene rings is 4. The van der Waals surface area contributed by atoms with Crippen molar-refractivity contribution >= 4 is 28.1 Å². The molecule has 0 aliphatic carbocycles. The monoisotopic (exact) mass is 368 g/mol. The molecule has 1 amide bonds. The molecule has 1 aliphatic rings. The van der Waals surface area contributed by atoms with E-state index in [1.165, 1.54) is 12.1 Å². The number of amides is 1. The Morgan fingerprint density at radius 2 is 1.50 bits per heavy atom. The van der Waals surface area contributed by atoms with Gasteiger partial charge in [0, 0.05) is 11.4 Å². The van der Waals surface area contributed by atoms with Crippen LogP contribution in [0.15, 0.2) is 91.0 Å². The summed E-state index contributed by atoms with van der Waals surface area (Å²) in [7, 11) is 0. The second-order valence-electron chi connectivity index (χ2n) is 6.85. The summed E-state index contributed by atoms with van der Waals surface area (Å²) in [6.07, 6.45) is -0.391. The van der Waals surface area contributed by atoms with E-state index in [-0.39, 0.29) is 11.7 Å². The first-order valence-corrected chi connectivity index (χ1v) is 9.14. The number of para-hydroxylation sites is 1. The molecule has 4 aromatic rings. The third-order valence-corrected chi connectivity index (χ3v) is 5.12. The first-order chi connectivity index (χ1) is 13.7. The molecular formula is C24H17FN2O. The Labute approximate surface area is 162 Å². The Bertz CT molecular complexity index is 1190. The van der Waals surface area contributed by atoms with Gasteiger partial charge in [-0.1, -0.05) is 48.5 Å². The topological polar surface area (TPSA) is 32.3 Å². The summed E-state index contributed by atoms with van der Waals surface area (Å²) in [6, 6.07) is 27.8. The first kappa shape index (κ1) is 16.5. The average molecular weight is 368 g/mol. The van der Waals surface area contributed by atoms with Gasteiger partial charge in [-0.15, -0.1) is 0 Å². The molecule has 1 heterocycles. The number of fused-ring (bicyclic) bond motifs is 2. The van der Waals surface area contributed by atoms with E-state index < -0.39 is 6.17 Å². The first-order valence-electron chi connectivity index (χ1n) is 9.14. The molecule has 0 aromatic heterocycles. The predicted molar refractivity (Wildman–Crippen MR) is 110 cm³/mol. The van der Waals surface area contributed by atoms with Crippen LogP contribution in [0.2, 0.25) is 0 Å². The van der Waals surface area contributed by atoms with Crippen LogP contribution in [0.3, 0.4) is 0 Å². The van der Waals surface area contributed by atoms with Gasteiger partial charge in [-0.05, 0) is 58.8 Å². The van der Waals surface area contributed by atoms with Gasteiger partial charge in [0.2, 0.25) is 0 Å². The van der Waals surface area contributed by atoms with Gasteiger partial charge in [0.1, 0.15) is 12.0 Å².